The Balaban J connectivity index is 3.60. The average molecular weight is 255 g/mol. The summed E-state index contributed by atoms with van der Waals surface area (Å²) in [6.45, 7) is 9.42. The number of hydrogen-bond acceptors (Lipinski definition) is 0. The summed E-state index contributed by atoms with van der Waals surface area (Å²) in [7, 11) is 0. The van der Waals surface area contributed by atoms with Gasteiger partial charge in [0.25, 0.3) is 0 Å². The average Bonchev–Trinajstić information content (AvgIpc) is 2.38. The van der Waals surface area contributed by atoms with Gasteiger partial charge in [-0.1, -0.05) is 105 Å². The molecule has 0 aliphatic carbocycles. The highest BCUT2D eigenvalue weighted by atomic mass is 14.2. The number of unbranched alkanes of at least 4 members (excludes halogenated alkanes) is 4. The second-order valence-corrected chi connectivity index (χ2v) is 6.33. The van der Waals surface area contributed by atoms with Crippen LogP contribution in [0.2, 0.25) is 0 Å². The van der Waals surface area contributed by atoms with Crippen LogP contribution in [0, 0.1) is 11.8 Å². The Bertz CT molecular complexity index is 150. The van der Waals surface area contributed by atoms with E-state index in [1.165, 1.54) is 77.0 Å². The quantitative estimate of drug-likeness (QED) is 0.311. The Morgan fingerprint density at radius 3 is 1.89 bits per heavy atom. The van der Waals surface area contributed by atoms with E-state index in [9.17, 15) is 0 Å². The zero-order chi connectivity index (χ0) is 13.6. The van der Waals surface area contributed by atoms with Crippen molar-refractivity contribution in [3.63, 3.8) is 0 Å². The molecule has 0 heterocycles. The van der Waals surface area contributed by atoms with Crippen LogP contribution in [-0.4, -0.2) is 0 Å². The molecule has 0 N–H and O–H groups in total. The van der Waals surface area contributed by atoms with Crippen molar-refractivity contribution in [2.75, 3.05) is 0 Å². The van der Waals surface area contributed by atoms with E-state index in [2.05, 4.69) is 27.7 Å². The molecule has 0 radical (unpaired) electrons. The molecule has 0 aromatic heterocycles. The molecule has 0 saturated carbocycles. The standard InChI is InChI=1S/C18H38/c1-5-8-10-11-13-17(4)15-16-18(12-7-3)14-9-6-2/h17-18H,5-16H2,1-4H3. The maximum atomic E-state index is 2.47. The predicted octanol–water partition coefficient (Wildman–Crippen LogP) is 6.98. The van der Waals surface area contributed by atoms with Crippen molar-refractivity contribution in [2.45, 2.75) is 105 Å². The molecule has 2 atom stereocenters. The molecule has 0 fully saturated rings. The van der Waals surface area contributed by atoms with Crippen LogP contribution in [0.1, 0.15) is 105 Å². The van der Waals surface area contributed by atoms with Crippen molar-refractivity contribution in [1.29, 1.82) is 0 Å². The summed E-state index contributed by atoms with van der Waals surface area (Å²) in [6.07, 6.45) is 17.3. The molecule has 0 heteroatoms. The number of hydrogen-bond donors (Lipinski definition) is 0. The van der Waals surface area contributed by atoms with Gasteiger partial charge in [0, 0.05) is 0 Å². The lowest BCUT2D eigenvalue weighted by molar-refractivity contribution is 0.345. The fourth-order valence-corrected chi connectivity index (χ4v) is 2.92. The molecule has 0 aliphatic heterocycles. The van der Waals surface area contributed by atoms with E-state index in [1.54, 1.807) is 0 Å². The second-order valence-electron chi connectivity index (χ2n) is 6.33. The molecule has 0 aromatic carbocycles. The maximum absolute atomic E-state index is 2.47. The summed E-state index contributed by atoms with van der Waals surface area (Å²) in [5.74, 6) is 1.98. The summed E-state index contributed by atoms with van der Waals surface area (Å²) in [5, 5.41) is 0. The maximum Gasteiger partial charge on any atom is -0.0414 e. The van der Waals surface area contributed by atoms with Crippen LogP contribution in [0.15, 0.2) is 0 Å². The molecule has 0 amide bonds. The van der Waals surface area contributed by atoms with E-state index < -0.39 is 0 Å². The van der Waals surface area contributed by atoms with Crippen LogP contribution in [0.4, 0.5) is 0 Å². The third-order valence-corrected chi connectivity index (χ3v) is 4.28. The van der Waals surface area contributed by atoms with Gasteiger partial charge >= 0.3 is 0 Å². The first-order valence-corrected chi connectivity index (χ1v) is 8.74. The van der Waals surface area contributed by atoms with Crippen LogP contribution in [0.5, 0.6) is 0 Å². The van der Waals surface area contributed by atoms with Crippen molar-refractivity contribution in [3.8, 4) is 0 Å². The van der Waals surface area contributed by atoms with Gasteiger partial charge in [-0.2, -0.15) is 0 Å². The number of rotatable bonds is 13. The predicted molar refractivity (Wildman–Crippen MR) is 85.1 cm³/mol. The molecular weight excluding hydrogens is 216 g/mol. The Morgan fingerprint density at radius 2 is 1.28 bits per heavy atom. The van der Waals surface area contributed by atoms with Crippen molar-refractivity contribution in [2.24, 2.45) is 11.8 Å². The monoisotopic (exact) mass is 254 g/mol. The van der Waals surface area contributed by atoms with Gasteiger partial charge in [-0.15, -0.1) is 0 Å². The third-order valence-electron chi connectivity index (χ3n) is 4.28. The molecule has 0 nitrogen and oxygen atoms in total. The summed E-state index contributed by atoms with van der Waals surface area (Å²) in [4.78, 5) is 0. The minimum atomic E-state index is 0.961. The summed E-state index contributed by atoms with van der Waals surface area (Å²) >= 11 is 0. The van der Waals surface area contributed by atoms with Crippen molar-refractivity contribution in [3.05, 3.63) is 0 Å². The first-order chi connectivity index (χ1) is 8.74. The molecule has 0 bridgehead atoms. The van der Waals surface area contributed by atoms with Crippen molar-refractivity contribution >= 4 is 0 Å². The molecule has 0 saturated heterocycles. The summed E-state index contributed by atoms with van der Waals surface area (Å²) in [5.41, 5.74) is 0. The van der Waals surface area contributed by atoms with Crippen LogP contribution in [0.3, 0.4) is 0 Å². The lowest BCUT2D eigenvalue weighted by Crippen LogP contribution is -2.04. The Hall–Kier alpha value is 0. The van der Waals surface area contributed by atoms with Crippen molar-refractivity contribution in [1.82, 2.24) is 0 Å². The van der Waals surface area contributed by atoms with E-state index in [4.69, 9.17) is 0 Å². The van der Waals surface area contributed by atoms with Crippen LogP contribution >= 0.6 is 0 Å². The van der Waals surface area contributed by atoms with Crippen LogP contribution in [-0.2, 0) is 0 Å². The third kappa shape index (κ3) is 11.1. The van der Waals surface area contributed by atoms with Gasteiger partial charge in [0.2, 0.25) is 0 Å². The molecule has 0 rings (SSSR count). The Labute approximate surface area is 117 Å². The van der Waals surface area contributed by atoms with Gasteiger partial charge in [-0.05, 0) is 11.8 Å². The van der Waals surface area contributed by atoms with E-state index in [0.29, 0.717) is 0 Å². The SMILES string of the molecule is CCCCCCC(C)CCC(CCC)CCCC. The molecule has 2 unspecified atom stereocenters. The lowest BCUT2D eigenvalue weighted by atomic mass is 9.88. The van der Waals surface area contributed by atoms with E-state index in [0.717, 1.165) is 11.8 Å². The van der Waals surface area contributed by atoms with Gasteiger partial charge in [-0.3, -0.25) is 0 Å². The van der Waals surface area contributed by atoms with E-state index >= 15 is 0 Å². The minimum Gasteiger partial charge on any atom is -0.0654 e. The smallest absolute Gasteiger partial charge is 0.0414 e. The summed E-state index contributed by atoms with van der Waals surface area (Å²) in [6, 6.07) is 0. The first kappa shape index (κ1) is 18.0. The van der Waals surface area contributed by atoms with Gasteiger partial charge in [-0.25, -0.2) is 0 Å². The molecule has 0 spiro atoms. The first-order valence-electron chi connectivity index (χ1n) is 8.74. The molecule has 0 aliphatic rings. The Kier molecular flexibility index (Phi) is 13.4. The normalized spacial score (nSPS) is 14.7. The molecule has 18 heavy (non-hydrogen) atoms. The van der Waals surface area contributed by atoms with Gasteiger partial charge in [0.1, 0.15) is 0 Å². The van der Waals surface area contributed by atoms with E-state index in [1.807, 2.05) is 0 Å². The van der Waals surface area contributed by atoms with E-state index in [-0.39, 0.29) is 0 Å². The van der Waals surface area contributed by atoms with Gasteiger partial charge in [0.15, 0.2) is 0 Å². The highest BCUT2D eigenvalue weighted by Gasteiger charge is 2.10. The van der Waals surface area contributed by atoms with Crippen LogP contribution in [0.25, 0.3) is 0 Å². The Morgan fingerprint density at radius 1 is 0.556 bits per heavy atom. The molecule has 110 valence electrons. The fourth-order valence-electron chi connectivity index (χ4n) is 2.92. The largest absolute Gasteiger partial charge is 0.0654 e. The van der Waals surface area contributed by atoms with Crippen LogP contribution < -0.4 is 0 Å². The molecule has 0 aromatic rings. The zero-order valence-electron chi connectivity index (χ0n) is 13.6. The second kappa shape index (κ2) is 13.4. The van der Waals surface area contributed by atoms with Crippen molar-refractivity contribution < 1.29 is 0 Å². The lowest BCUT2D eigenvalue weighted by Gasteiger charge is -2.18. The van der Waals surface area contributed by atoms with Gasteiger partial charge < -0.3 is 0 Å². The molecular formula is C18H38. The van der Waals surface area contributed by atoms with Gasteiger partial charge in [0.05, 0.1) is 0 Å². The fraction of sp³-hybridized carbons (Fsp3) is 1.00. The zero-order valence-corrected chi connectivity index (χ0v) is 13.6. The highest BCUT2D eigenvalue weighted by molar-refractivity contribution is 4.63. The highest BCUT2D eigenvalue weighted by Crippen LogP contribution is 2.24. The topological polar surface area (TPSA) is 0 Å². The minimum absolute atomic E-state index is 0.961. The summed E-state index contributed by atoms with van der Waals surface area (Å²) < 4.78 is 0.